The summed E-state index contributed by atoms with van der Waals surface area (Å²) in [4.78, 5) is 21.5. The predicted molar refractivity (Wildman–Crippen MR) is 116 cm³/mol. The first-order valence-electron chi connectivity index (χ1n) is 9.51. The summed E-state index contributed by atoms with van der Waals surface area (Å²) in [7, 11) is 0. The lowest BCUT2D eigenvalue weighted by molar-refractivity contribution is 0.102. The van der Waals surface area contributed by atoms with Crippen LogP contribution in [-0.4, -0.2) is 25.5 Å². The second kappa shape index (κ2) is 7.60. The van der Waals surface area contributed by atoms with Crippen LogP contribution in [0.5, 0.6) is 0 Å². The van der Waals surface area contributed by atoms with E-state index >= 15 is 0 Å². The first-order chi connectivity index (χ1) is 14.8. The van der Waals surface area contributed by atoms with Crippen LogP contribution in [0.3, 0.4) is 0 Å². The van der Waals surface area contributed by atoms with Crippen molar-refractivity contribution in [3.8, 4) is 22.5 Å². The van der Waals surface area contributed by atoms with Gasteiger partial charge in [0, 0.05) is 23.4 Å². The lowest BCUT2D eigenvalue weighted by atomic mass is 10.1. The first-order valence-corrected chi connectivity index (χ1v) is 9.51. The van der Waals surface area contributed by atoms with E-state index in [-0.39, 0.29) is 11.6 Å². The third-order valence-corrected chi connectivity index (χ3v) is 4.72. The standard InChI is InChI=1S/C24H17N5O/c30-24(26-19-12-7-13-25-16-19)21-15-23-27-20(17-8-3-1-4-9-17)14-22(29(23)28-21)18-10-5-2-6-11-18/h1-16H,(H,26,30). The van der Waals surface area contributed by atoms with Crippen molar-refractivity contribution >= 4 is 17.2 Å². The van der Waals surface area contributed by atoms with E-state index in [4.69, 9.17) is 4.98 Å². The van der Waals surface area contributed by atoms with Crippen LogP contribution in [0.25, 0.3) is 28.2 Å². The zero-order chi connectivity index (χ0) is 20.3. The van der Waals surface area contributed by atoms with Crippen molar-refractivity contribution in [3.63, 3.8) is 0 Å². The van der Waals surface area contributed by atoms with Gasteiger partial charge in [0.2, 0.25) is 0 Å². The highest BCUT2D eigenvalue weighted by Gasteiger charge is 2.16. The Morgan fingerprint density at radius 3 is 2.27 bits per heavy atom. The Balaban J connectivity index is 1.63. The molecule has 1 N–H and O–H groups in total. The number of benzene rings is 2. The zero-order valence-corrected chi connectivity index (χ0v) is 15.9. The summed E-state index contributed by atoms with van der Waals surface area (Å²) in [5.74, 6) is -0.311. The molecule has 6 heteroatoms. The minimum atomic E-state index is -0.311. The number of hydrogen-bond donors (Lipinski definition) is 1. The predicted octanol–water partition coefficient (Wildman–Crippen LogP) is 4.71. The van der Waals surface area contributed by atoms with Gasteiger partial charge in [-0.1, -0.05) is 60.7 Å². The van der Waals surface area contributed by atoms with Gasteiger partial charge in [0.15, 0.2) is 11.3 Å². The molecule has 3 aromatic heterocycles. The molecule has 0 spiro atoms. The fourth-order valence-electron chi connectivity index (χ4n) is 3.29. The molecule has 0 aliphatic heterocycles. The molecule has 0 fully saturated rings. The largest absolute Gasteiger partial charge is 0.319 e. The van der Waals surface area contributed by atoms with Crippen molar-refractivity contribution < 1.29 is 4.79 Å². The van der Waals surface area contributed by atoms with Gasteiger partial charge in [0.25, 0.3) is 5.91 Å². The molecule has 0 saturated carbocycles. The molecule has 0 aliphatic rings. The molecule has 0 saturated heterocycles. The second-order valence-electron chi connectivity index (χ2n) is 6.75. The summed E-state index contributed by atoms with van der Waals surface area (Å²) in [6.07, 6.45) is 3.25. The second-order valence-corrected chi connectivity index (χ2v) is 6.75. The highest BCUT2D eigenvalue weighted by atomic mass is 16.1. The van der Waals surface area contributed by atoms with Gasteiger partial charge in [-0.15, -0.1) is 0 Å². The molecule has 0 aliphatic carbocycles. The molecular formula is C24H17N5O. The van der Waals surface area contributed by atoms with E-state index in [0.717, 1.165) is 22.5 Å². The van der Waals surface area contributed by atoms with Crippen molar-refractivity contribution in [1.29, 1.82) is 0 Å². The van der Waals surface area contributed by atoms with Crippen LogP contribution in [-0.2, 0) is 0 Å². The number of pyridine rings is 1. The molecule has 0 atom stereocenters. The molecule has 2 aromatic carbocycles. The maximum Gasteiger partial charge on any atom is 0.276 e. The third kappa shape index (κ3) is 3.42. The van der Waals surface area contributed by atoms with Crippen molar-refractivity contribution in [2.45, 2.75) is 0 Å². The Bertz CT molecular complexity index is 1320. The van der Waals surface area contributed by atoms with Crippen molar-refractivity contribution in [2.75, 3.05) is 5.32 Å². The molecule has 1 amide bonds. The number of hydrogen-bond acceptors (Lipinski definition) is 4. The van der Waals surface area contributed by atoms with Crippen LogP contribution in [0.1, 0.15) is 10.5 Å². The summed E-state index contributed by atoms with van der Waals surface area (Å²) in [6.45, 7) is 0. The number of anilines is 1. The van der Waals surface area contributed by atoms with Gasteiger partial charge in [-0.2, -0.15) is 5.10 Å². The van der Waals surface area contributed by atoms with Gasteiger partial charge >= 0.3 is 0 Å². The molecule has 0 radical (unpaired) electrons. The number of fused-ring (bicyclic) bond motifs is 1. The minimum Gasteiger partial charge on any atom is -0.319 e. The van der Waals surface area contributed by atoms with Gasteiger partial charge in [-0.25, -0.2) is 9.50 Å². The Kier molecular flexibility index (Phi) is 4.50. The average Bonchev–Trinajstić information content (AvgIpc) is 3.25. The van der Waals surface area contributed by atoms with Crippen LogP contribution >= 0.6 is 0 Å². The highest BCUT2D eigenvalue weighted by Crippen LogP contribution is 2.26. The number of carbonyl (C=O) groups is 1. The van der Waals surface area contributed by atoms with E-state index in [0.29, 0.717) is 11.3 Å². The molecular weight excluding hydrogens is 374 g/mol. The SMILES string of the molecule is O=C(Nc1cccnc1)c1cc2nc(-c3ccccc3)cc(-c3ccccc3)n2n1. The number of nitrogens with one attached hydrogen (secondary N) is 1. The lowest BCUT2D eigenvalue weighted by Gasteiger charge is -2.08. The summed E-state index contributed by atoms with van der Waals surface area (Å²) in [6, 6.07) is 27.1. The normalized spacial score (nSPS) is 10.8. The molecule has 5 aromatic rings. The summed E-state index contributed by atoms with van der Waals surface area (Å²) < 4.78 is 1.71. The van der Waals surface area contributed by atoms with Crippen molar-refractivity contribution in [1.82, 2.24) is 19.6 Å². The Morgan fingerprint density at radius 1 is 0.833 bits per heavy atom. The van der Waals surface area contributed by atoms with E-state index in [2.05, 4.69) is 15.4 Å². The highest BCUT2D eigenvalue weighted by molar-refractivity contribution is 6.03. The molecule has 6 nitrogen and oxygen atoms in total. The van der Waals surface area contributed by atoms with E-state index in [1.54, 1.807) is 35.1 Å². The number of nitrogens with zero attached hydrogens (tertiary/aromatic N) is 4. The molecule has 144 valence electrons. The summed E-state index contributed by atoms with van der Waals surface area (Å²) in [5.41, 5.74) is 5.17. The molecule has 0 unspecified atom stereocenters. The molecule has 30 heavy (non-hydrogen) atoms. The summed E-state index contributed by atoms with van der Waals surface area (Å²) >= 11 is 0. The van der Waals surface area contributed by atoms with Crippen LogP contribution in [0, 0.1) is 0 Å². The van der Waals surface area contributed by atoms with Gasteiger partial charge in [-0.3, -0.25) is 9.78 Å². The smallest absolute Gasteiger partial charge is 0.276 e. The molecule has 0 bridgehead atoms. The minimum absolute atomic E-state index is 0.286. The maximum absolute atomic E-state index is 12.7. The summed E-state index contributed by atoms with van der Waals surface area (Å²) in [5, 5.41) is 7.36. The Morgan fingerprint density at radius 2 is 1.57 bits per heavy atom. The van der Waals surface area contributed by atoms with Gasteiger partial charge in [0.1, 0.15) is 0 Å². The van der Waals surface area contributed by atoms with E-state index in [9.17, 15) is 4.79 Å². The van der Waals surface area contributed by atoms with E-state index in [1.807, 2.05) is 66.7 Å². The van der Waals surface area contributed by atoms with Crippen LogP contribution in [0.4, 0.5) is 5.69 Å². The fraction of sp³-hybridized carbons (Fsp3) is 0. The fourth-order valence-corrected chi connectivity index (χ4v) is 3.29. The van der Waals surface area contributed by atoms with Crippen LogP contribution < -0.4 is 5.32 Å². The third-order valence-electron chi connectivity index (χ3n) is 4.72. The Labute approximate surface area is 172 Å². The maximum atomic E-state index is 12.7. The van der Waals surface area contributed by atoms with Gasteiger partial charge in [0.05, 0.1) is 23.3 Å². The van der Waals surface area contributed by atoms with Crippen molar-refractivity contribution in [2.24, 2.45) is 0 Å². The number of rotatable bonds is 4. The average molecular weight is 391 g/mol. The zero-order valence-electron chi connectivity index (χ0n) is 15.9. The van der Waals surface area contributed by atoms with Crippen molar-refractivity contribution in [3.05, 3.63) is 103 Å². The van der Waals surface area contributed by atoms with Gasteiger partial charge in [-0.05, 0) is 18.2 Å². The molecule has 3 heterocycles. The van der Waals surface area contributed by atoms with Gasteiger partial charge < -0.3 is 5.32 Å². The quantitative estimate of drug-likeness (QED) is 0.482. The lowest BCUT2D eigenvalue weighted by Crippen LogP contribution is -2.12. The number of aromatic nitrogens is 4. The Hall–Kier alpha value is -4.32. The monoisotopic (exact) mass is 391 g/mol. The first kappa shape index (κ1) is 17.8. The topological polar surface area (TPSA) is 72.2 Å². The molecule has 5 rings (SSSR count). The number of amides is 1. The van der Waals surface area contributed by atoms with Crippen LogP contribution in [0.2, 0.25) is 0 Å². The number of carbonyl (C=O) groups excluding carboxylic acids is 1. The van der Waals surface area contributed by atoms with Crippen LogP contribution in [0.15, 0.2) is 97.3 Å². The van der Waals surface area contributed by atoms with E-state index < -0.39 is 0 Å². The van der Waals surface area contributed by atoms with E-state index in [1.165, 1.54) is 0 Å².